The minimum Gasteiger partial charge on any atom is -0.381 e. The molecule has 4 nitrogen and oxygen atoms in total. The zero-order valence-electron chi connectivity index (χ0n) is 12.4. The molecule has 0 bridgehead atoms. The van der Waals surface area contributed by atoms with Crippen molar-refractivity contribution >= 4 is 5.91 Å². The first-order valence-electron chi connectivity index (χ1n) is 7.73. The van der Waals surface area contributed by atoms with Crippen LogP contribution in [0, 0.1) is 11.8 Å². The highest BCUT2D eigenvalue weighted by Gasteiger charge is 2.22. The van der Waals surface area contributed by atoms with Gasteiger partial charge in [0.15, 0.2) is 0 Å². The largest absolute Gasteiger partial charge is 0.381 e. The summed E-state index contributed by atoms with van der Waals surface area (Å²) in [7, 11) is 0. The molecule has 0 aromatic rings. The molecule has 110 valence electrons. The molecule has 4 heteroatoms. The van der Waals surface area contributed by atoms with E-state index in [4.69, 9.17) is 4.74 Å². The van der Waals surface area contributed by atoms with Crippen LogP contribution in [-0.2, 0) is 9.53 Å². The average Bonchev–Trinajstić information content (AvgIpc) is 2.89. The molecule has 19 heavy (non-hydrogen) atoms. The number of amides is 1. The molecule has 0 saturated carbocycles. The molecule has 1 amide bonds. The van der Waals surface area contributed by atoms with E-state index in [1.807, 2.05) is 4.90 Å². The molecule has 1 atom stereocenters. The lowest BCUT2D eigenvalue weighted by molar-refractivity contribution is -0.133. The molecule has 0 radical (unpaired) electrons. The summed E-state index contributed by atoms with van der Waals surface area (Å²) < 4.78 is 5.41. The fourth-order valence-electron chi connectivity index (χ4n) is 2.88. The van der Waals surface area contributed by atoms with Crippen LogP contribution in [-0.4, -0.2) is 61.6 Å². The molecule has 2 heterocycles. The van der Waals surface area contributed by atoms with E-state index >= 15 is 0 Å². The number of hydrogen-bond acceptors (Lipinski definition) is 3. The van der Waals surface area contributed by atoms with E-state index in [0.29, 0.717) is 18.2 Å². The zero-order valence-corrected chi connectivity index (χ0v) is 12.4. The lowest BCUT2D eigenvalue weighted by atomic mass is 10.0. The van der Waals surface area contributed by atoms with Crippen molar-refractivity contribution in [2.75, 3.05) is 45.9 Å². The Morgan fingerprint density at radius 2 is 2.00 bits per heavy atom. The van der Waals surface area contributed by atoms with E-state index in [1.54, 1.807) is 0 Å². The number of hydrogen-bond donors (Lipinski definition) is 0. The van der Waals surface area contributed by atoms with E-state index in [0.717, 1.165) is 45.3 Å². The first-order chi connectivity index (χ1) is 9.15. The first-order valence-corrected chi connectivity index (χ1v) is 7.73. The third kappa shape index (κ3) is 4.77. The average molecular weight is 268 g/mol. The molecule has 1 unspecified atom stereocenters. The second kappa shape index (κ2) is 7.25. The van der Waals surface area contributed by atoms with Crippen molar-refractivity contribution in [3.8, 4) is 0 Å². The third-order valence-electron chi connectivity index (χ3n) is 4.19. The van der Waals surface area contributed by atoms with Gasteiger partial charge in [-0.15, -0.1) is 0 Å². The van der Waals surface area contributed by atoms with Gasteiger partial charge in [0.25, 0.3) is 0 Å². The van der Waals surface area contributed by atoms with Gasteiger partial charge in [0, 0.05) is 45.8 Å². The maximum atomic E-state index is 12.0. The minimum atomic E-state index is 0.332. The summed E-state index contributed by atoms with van der Waals surface area (Å²) in [6.45, 7) is 11.2. The Morgan fingerprint density at radius 3 is 2.58 bits per heavy atom. The van der Waals surface area contributed by atoms with Crippen molar-refractivity contribution in [2.24, 2.45) is 11.8 Å². The smallest absolute Gasteiger partial charge is 0.222 e. The van der Waals surface area contributed by atoms with Gasteiger partial charge in [-0.2, -0.15) is 0 Å². The predicted octanol–water partition coefficient (Wildman–Crippen LogP) is 1.60. The van der Waals surface area contributed by atoms with Crippen molar-refractivity contribution in [3.05, 3.63) is 0 Å². The number of nitrogens with zero attached hydrogens (tertiary/aromatic N) is 2. The van der Waals surface area contributed by atoms with Crippen LogP contribution in [0.4, 0.5) is 0 Å². The van der Waals surface area contributed by atoms with E-state index in [2.05, 4.69) is 18.7 Å². The van der Waals surface area contributed by atoms with Gasteiger partial charge in [-0.25, -0.2) is 0 Å². The summed E-state index contributed by atoms with van der Waals surface area (Å²) >= 11 is 0. The highest BCUT2D eigenvalue weighted by Crippen LogP contribution is 2.17. The summed E-state index contributed by atoms with van der Waals surface area (Å²) in [6.07, 6.45) is 3.17. The van der Waals surface area contributed by atoms with Gasteiger partial charge in [-0.3, -0.25) is 9.69 Å². The second-order valence-electron chi connectivity index (χ2n) is 6.34. The Hall–Kier alpha value is -0.610. The molecule has 2 aliphatic heterocycles. The Kier molecular flexibility index (Phi) is 5.64. The van der Waals surface area contributed by atoms with Crippen LogP contribution in [0.1, 0.15) is 33.1 Å². The van der Waals surface area contributed by atoms with Gasteiger partial charge in [-0.05, 0) is 31.2 Å². The lowest BCUT2D eigenvalue weighted by Gasteiger charge is -2.35. The van der Waals surface area contributed by atoms with Crippen LogP contribution in [0.2, 0.25) is 0 Å². The highest BCUT2D eigenvalue weighted by atomic mass is 16.5. The van der Waals surface area contributed by atoms with Crippen LogP contribution >= 0.6 is 0 Å². The predicted molar refractivity (Wildman–Crippen MR) is 76.0 cm³/mol. The number of piperazine rings is 1. The minimum absolute atomic E-state index is 0.332. The zero-order chi connectivity index (χ0) is 13.7. The third-order valence-corrected chi connectivity index (χ3v) is 4.19. The summed E-state index contributed by atoms with van der Waals surface area (Å²) in [5.41, 5.74) is 0. The van der Waals surface area contributed by atoms with E-state index in [9.17, 15) is 4.79 Å². The van der Waals surface area contributed by atoms with Gasteiger partial charge in [-0.1, -0.05) is 13.8 Å². The molecule has 2 saturated heterocycles. The lowest BCUT2D eigenvalue weighted by Crippen LogP contribution is -2.49. The van der Waals surface area contributed by atoms with E-state index in [1.165, 1.54) is 19.4 Å². The fraction of sp³-hybridized carbons (Fsp3) is 0.933. The summed E-state index contributed by atoms with van der Waals surface area (Å²) in [5, 5.41) is 0. The Morgan fingerprint density at radius 1 is 1.26 bits per heavy atom. The van der Waals surface area contributed by atoms with E-state index in [-0.39, 0.29) is 0 Å². The summed E-state index contributed by atoms with van der Waals surface area (Å²) in [4.78, 5) is 16.5. The maximum Gasteiger partial charge on any atom is 0.222 e. The topological polar surface area (TPSA) is 32.8 Å². The van der Waals surface area contributed by atoms with Crippen LogP contribution in [0.5, 0.6) is 0 Å². The van der Waals surface area contributed by atoms with Gasteiger partial charge >= 0.3 is 0 Å². The van der Waals surface area contributed by atoms with Gasteiger partial charge in [0.2, 0.25) is 5.91 Å². The molecule has 0 aliphatic carbocycles. The maximum absolute atomic E-state index is 12.0. The van der Waals surface area contributed by atoms with Crippen molar-refractivity contribution in [1.29, 1.82) is 0 Å². The number of rotatable bonds is 5. The number of carbonyl (C=O) groups is 1. The fourth-order valence-corrected chi connectivity index (χ4v) is 2.88. The summed E-state index contributed by atoms with van der Waals surface area (Å²) in [6, 6.07) is 0. The van der Waals surface area contributed by atoms with Crippen molar-refractivity contribution in [2.45, 2.75) is 33.1 Å². The molecular formula is C15H28N2O2. The Balaban J connectivity index is 1.63. The molecule has 2 fully saturated rings. The first kappa shape index (κ1) is 14.8. The molecule has 0 spiro atoms. The molecular weight excluding hydrogens is 240 g/mol. The molecule has 2 aliphatic rings. The standard InChI is InChI=1S/C15H28N2O2/c1-13(2)11-15(18)17-8-6-16(7-9-17)5-3-14-4-10-19-12-14/h13-14H,3-12H2,1-2H3. The SMILES string of the molecule is CC(C)CC(=O)N1CCN(CCC2CCOC2)CC1. The van der Waals surface area contributed by atoms with Crippen LogP contribution in [0.25, 0.3) is 0 Å². The quantitative estimate of drug-likeness (QED) is 0.759. The Bertz CT molecular complexity index is 280. The molecule has 2 rings (SSSR count). The van der Waals surface area contributed by atoms with Gasteiger partial charge in [0.1, 0.15) is 0 Å². The second-order valence-corrected chi connectivity index (χ2v) is 6.34. The van der Waals surface area contributed by atoms with Crippen molar-refractivity contribution in [1.82, 2.24) is 9.80 Å². The van der Waals surface area contributed by atoms with Gasteiger partial charge in [0.05, 0.1) is 0 Å². The highest BCUT2D eigenvalue weighted by molar-refractivity contribution is 5.76. The molecule has 0 N–H and O–H groups in total. The van der Waals surface area contributed by atoms with Crippen LogP contribution < -0.4 is 0 Å². The van der Waals surface area contributed by atoms with Crippen LogP contribution in [0.15, 0.2) is 0 Å². The van der Waals surface area contributed by atoms with Crippen molar-refractivity contribution in [3.63, 3.8) is 0 Å². The van der Waals surface area contributed by atoms with Gasteiger partial charge < -0.3 is 9.64 Å². The van der Waals surface area contributed by atoms with Crippen molar-refractivity contribution < 1.29 is 9.53 Å². The number of ether oxygens (including phenoxy) is 1. The Labute approximate surface area is 117 Å². The summed E-state index contributed by atoms with van der Waals surface area (Å²) in [5.74, 6) is 1.56. The molecule has 0 aromatic carbocycles. The molecule has 0 aromatic heterocycles. The number of carbonyl (C=O) groups excluding carboxylic acids is 1. The van der Waals surface area contributed by atoms with E-state index < -0.39 is 0 Å². The normalized spacial score (nSPS) is 25.2. The monoisotopic (exact) mass is 268 g/mol. The van der Waals surface area contributed by atoms with Crippen LogP contribution in [0.3, 0.4) is 0 Å².